The van der Waals surface area contributed by atoms with Gasteiger partial charge >= 0.3 is 5.97 Å². The van der Waals surface area contributed by atoms with E-state index in [-0.39, 0.29) is 24.0 Å². The molecule has 0 amide bonds. The number of esters is 1. The van der Waals surface area contributed by atoms with Gasteiger partial charge in [-0.15, -0.1) is 0 Å². The first-order chi connectivity index (χ1) is 11.2. The molecule has 0 N–H and O–H groups in total. The summed E-state index contributed by atoms with van der Waals surface area (Å²) in [6, 6.07) is 19.9. The van der Waals surface area contributed by atoms with Crippen LogP contribution in [0.3, 0.4) is 0 Å². The van der Waals surface area contributed by atoms with E-state index in [9.17, 15) is 4.79 Å². The third kappa shape index (κ3) is 3.28. The monoisotopic (exact) mass is 311 g/mol. The maximum Gasteiger partial charge on any atom is 0.313 e. The zero-order valence-corrected chi connectivity index (χ0v) is 13.4. The summed E-state index contributed by atoms with van der Waals surface area (Å²) in [5.41, 5.74) is 2.20. The standard InChI is InChI=1S/C19H21NO3/c1-14-17(19(21)22-2)18(16-11-7-4-8-12-16)20(23-14)13-15-9-5-3-6-10-15/h3-12,14,17-18H,13H2,1-2H3/t14-,17-,18+/m1/s1. The highest BCUT2D eigenvalue weighted by Gasteiger charge is 2.46. The van der Waals surface area contributed by atoms with E-state index in [2.05, 4.69) is 12.1 Å². The summed E-state index contributed by atoms with van der Waals surface area (Å²) in [6.45, 7) is 2.54. The van der Waals surface area contributed by atoms with Gasteiger partial charge in [-0.2, -0.15) is 5.06 Å². The minimum Gasteiger partial charge on any atom is -0.469 e. The predicted molar refractivity (Wildman–Crippen MR) is 87.2 cm³/mol. The van der Waals surface area contributed by atoms with Crippen LogP contribution in [0.15, 0.2) is 60.7 Å². The Morgan fingerprint density at radius 2 is 1.70 bits per heavy atom. The summed E-state index contributed by atoms with van der Waals surface area (Å²) in [5.74, 6) is -0.576. The molecular formula is C19H21NO3. The number of hydroxylamine groups is 2. The van der Waals surface area contributed by atoms with Crippen LogP contribution in [0.2, 0.25) is 0 Å². The van der Waals surface area contributed by atoms with Crippen LogP contribution in [0.1, 0.15) is 24.1 Å². The molecule has 1 heterocycles. The fourth-order valence-electron chi connectivity index (χ4n) is 3.16. The fourth-order valence-corrected chi connectivity index (χ4v) is 3.16. The van der Waals surface area contributed by atoms with Gasteiger partial charge in [0.1, 0.15) is 5.92 Å². The summed E-state index contributed by atoms with van der Waals surface area (Å²) in [7, 11) is 1.43. The van der Waals surface area contributed by atoms with Crippen LogP contribution in [0.5, 0.6) is 0 Å². The average Bonchev–Trinajstić information content (AvgIpc) is 2.91. The van der Waals surface area contributed by atoms with Crippen LogP contribution >= 0.6 is 0 Å². The Morgan fingerprint density at radius 1 is 1.09 bits per heavy atom. The number of benzene rings is 2. The van der Waals surface area contributed by atoms with Crippen LogP contribution in [-0.4, -0.2) is 24.2 Å². The third-order valence-corrected chi connectivity index (χ3v) is 4.25. The molecule has 0 unspecified atom stereocenters. The van der Waals surface area contributed by atoms with Gasteiger partial charge in [-0.05, 0) is 18.1 Å². The van der Waals surface area contributed by atoms with Crippen molar-refractivity contribution in [1.29, 1.82) is 0 Å². The van der Waals surface area contributed by atoms with Crippen molar-refractivity contribution in [2.45, 2.75) is 25.6 Å². The van der Waals surface area contributed by atoms with Gasteiger partial charge in [0.05, 0.1) is 19.3 Å². The first kappa shape index (κ1) is 15.7. The molecule has 1 fully saturated rings. The van der Waals surface area contributed by atoms with E-state index in [0.29, 0.717) is 6.54 Å². The highest BCUT2D eigenvalue weighted by molar-refractivity contribution is 5.74. The summed E-state index contributed by atoms with van der Waals surface area (Å²) in [6.07, 6.45) is -0.226. The molecular weight excluding hydrogens is 290 g/mol. The molecule has 0 bridgehead atoms. The van der Waals surface area contributed by atoms with Crippen molar-refractivity contribution in [2.75, 3.05) is 7.11 Å². The lowest BCUT2D eigenvalue weighted by atomic mass is 9.90. The van der Waals surface area contributed by atoms with Crippen molar-refractivity contribution in [3.8, 4) is 0 Å². The quantitative estimate of drug-likeness (QED) is 0.812. The Morgan fingerprint density at radius 3 is 2.30 bits per heavy atom. The minimum atomic E-state index is -0.342. The van der Waals surface area contributed by atoms with Gasteiger partial charge in [-0.25, -0.2) is 0 Å². The van der Waals surface area contributed by atoms with Crippen molar-refractivity contribution in [3.63, 3.8) is 0 Å². The molecule has 4 heteroatoms. The second-order valence-corrected chi connectivity index (χ2v) is 5.78. The van der Waals surface area contributed by atoms with Crippen molar-refractivity contribution in [3.05, 3.63) is 71.8 Å². The normalized spacial score (nSPS) is 24.5. The highest BCUT2D eigenvalue weighted by atomic mass is 16.7. The second-order valence-electron chi connectivity index (χ2n) is 5.78. The summed E-state index contributed by atoms with van der Waals surface area (Å²) in [5, 5.41) is 1.90. The summed E-state index contributed by atoms with van der Waals surface area (Å²) in [4.78, 5) is 18.3. The maximum absolute atomic E-state index is 12.3. The van der Waals surface area contributed by atoms with Crippen LogP contribution in [0, 0.1) is 5.92 Å². The van der Waals surface area contributed by atoms with E-state index in [1.54, 1.807) is 0 Å². The van der Waals surface area contributed by atoms with E-state index < -0.39 is 0 Å². The molecule has 0 spiro atoms. The van der Waals surface area contributed by atoms with Crippen LogP contribution in [-0.2, 0) is 20.9 Å². The number of carbonyl (C=O) groups is 1. The first-order valence-corrected chi connectivity index (χ1v) is 7.81. The zero-order valence-electron chi connectivity index (χ0n) is 13.4. The second kappa shape index (κ2) is 6.94. The molecule has 120 valence electrons. The Bertz CT molecular complexity index is 644. The Kier molecular flexibility index (Phi) is 4.74. The number of hydrogen-bond acceptors (Lipinski definition) is 4. The predicted octanol–water partition coefficient (Wildman–Crippen LogP) is 3.35. The van der Waals surface area contributed by atoms with Crippen molar-refractivity contribution >= 4 is 5.97 Å². The van der Waals surface area contributed by atoms with E-state index in [1.165, 1.54) is 7.11 Å². The number of carbonyl (C=O) groups excluding carboxylic acids is 1. The Balaban J connectivity index is 1.93. The number of hydrogen-bond donors (Lipinski definition) is 0. The van der Waals surface area contributed by atoms with Crippen LogP contribution in [0.25, 0.3) is 0 Å². The third-order valence-electron chi connectivity index (χ3n) is 4.25. The number of methoxy groups -OCH3 is 1. The lowest BCUT2D eigenvalue weighted by Crippen LogP contribution is -2.30. The fraction of sp³-hybridized carbons (Fsp3) is 0.316. The van der Waals surface area contributed by atoms with Gasteiger partial charge in [0.15, 0.2) is 0 Å². The number of ether oxygens (including phenoxy) is 1. The molecule has 1 aliphatic heterocycles. The first-order valence-electron chi connectivity index (χ1n) is 7.81. The SMILES string of the molecule is COC(=O)[C@@H]1[C@@H](C)ON(Cc2ccccc2)[C@H]1c1ccccc1. The van der Waals surface area contributed by atoms with Gasteiger partial charge in [-0.1, -0.05) is 60.7 Å². The Labute approximate surface area is 136 Å². The van der Waals surface area contributed by atoms with Gasteiger partial charge < -0.3 is 4.74 Å². The highest BCUT2D eigenvalue weighted by Crippen LogP contribution is 2.40. The van der Waals surface area contributed by atoms with E-state index in [0.717, 1.165) is 11.1 Å². The van der Waals surface area contributed by atoms with Gasteiger partial charge in [0.25, 0.3) is 0 Å². The number of nitrogens with zero attached hydrogens (tertiary/aromatic N) is 1. The molecule has 0 aliphatic carbocycles. The van der Waals surface area contributed by atoms with Crippen LogP contribution < -0.4 is 0 Å². The maximum atomic E-state index is 12.3. The van der Waals surface area contributed by atoms with E-state index in [4.69, 9.17) is 9.57 Å². The number of rotatable bonds is 4. The molecule has 0 saturated carbocycles. The van der Waals surface area contributed by atoms with Crippen molar-refractivity contribution in [2.24, 2.45) is 5.92 Å². The summed E-state index contributed by atoms with van der Waals surface area (Å²) >= 11 is 0. The molecule has 3 atom stereocenters. The molecule has 4 nitrogen and oxygen atoms in total. The van der Waals surface area contributed by atoms with Gasteiger partial charge in [0, 0.05) is 6.54 Å². The molecule has 1 aliphatic rings. The lowest BCUT2D eigenvalue weighted by Gasteiger charge is -2.25. The minimum absolute atomic E-state index is 0.154. The molecule has 23 heavy (non-hydrogen) atoms. The van der Waals surface area contributed by atoms with Crippen molar-refractivity contribution < 1.29 is 14.4 Å². The largest absolute Gasteiger partial charge is 0.469 e. The van der Waals surface area contributed by atoms with Gasteiger partial charge in [0.2, 0.25) is 0 Å². The average molecular weight is 311 g/mol. The van der Waals surface area contributed by atoms with Gasteiger partial charge in [-0.3, -0.25) is 9.63 Å². The molecule has 2 aromatic carbocycles. The lowest BCUT2D eigenvalue weighted by molar-refractivity contribution is -0.167. The molecule has 0 aromatic heterocycles. The topological polar surface area (TPSA) is 38.8 Å². The van der Waals surface area contributed by atoms with E-state index in [1.807, 2.05) is 60.5 Å². The summed E-state index contributed by atoms with van der Waals surface area (Å²) < 4.78 is 5.01. The van der Waals surface area contributed by atoms with Crippen LogP contribution in [0.4, 0.5) is 0 Å². The molecule has 0 radical (unpaired) electrons. The molecule has 3 rings (SSSR count). The molecule has 1 saturated heterocycles. The Hall–Kier alpha value is -2.17. The zero-order chi connectivity index (χ0) is 16.2. The van der Waals surface area contributed by atoms with Crippen molar-refractivity contribution in [1.82, 2.24) is 5.06 Å². The molecule has 2 aromatic rings. The smallest absolute Gasteiger partial charge is 0.313 e. The van der Waals surface area contributed by atoms with E-state index >= 15 is 0 Å².